The summed E-state index contributed by atoms with van der Waals surface area (Å²) in [5.74, 6) is -1.08. The highest BCUT2D eigenvalue weighted by Crippen LogP contribution is 2.21. The Morgan fingerprint density at radius 3 is 2.87 bits per heavy atom. The second-order valence-electron chi connectivity index (χ2n) is 2.89. The molecule has 76 valence electrons. The molecule has 1 aromatic heterocycles. The first-order valence-electron chi connectivity index (χ1n) is 4.00. The SMILES string of the molecule is O=C(O)c1cc(Br)c2nc[nH]c(=O)c2c1. The van der Waals surface area contributed by atoms with Crippen LogP contribution in [-0.2, 0) is 0 Å². The number of nitrogens with one attached hydrogen (secondary N) is 1. The Labute approximate surface area is 91.9 Å². The van der Waals surface area contributed by atoms with Crippen molar-refractivity contribution in [2.45, 2.75) is 0 Å². The molecule has 0 bridgehead atoms. The molecule has 0 aliphatic heterocycles. The zero-order chi connectivity index (χ0) is 11.0. The van der Waals surface area contributed by atoms with Crippen molar-refractivity contribution in [3.63, 3.8) is 0 Å². The summed E-state index contributed by atoms with van der Waals surface area (Å²) < 4.78 is 0.489. The largest absolute Gasteiger partial charge is 0.478 e. The maximum atomic E-state index is 11.4. The van der Waals surface area contributed by atoms with Crippen LogP contribution in [0.2, 0.25) is 0 Å². The lowest BCUT2D eigenvalue weighted by Crippen LogP contribution is -2.08. The minimum atomic E-state index is -1.08. The number of hydrogen-bond acceptors (Lipinski definition) is 3. The summed E-state index contributed by atoms with van der Waals surface area (Å²) in [5.41, 5.74) is 0.139. The summed E-state index contributed by atoms with van der Waals surface area (Å²) in [6.07, 6.45) is 1.27. The van der Waals surface area contributed by atoms with E-state index in [1.54, 1.807) is 0 Å². The minimum absolute atomic E-state index is 0.0490. The summed E-state index contributed by atoms with van der Waals surface area (Å²) in [7, 11) is 0. The highest BCUT2D eigenvalue weighted by Gasteiger charge is 2.10. The summed E-state index contributed by atoms with van der Waals surface area (Å²) in [4.78, 5) is 28.5. The molecule has 15 heavy (non-hydrogen) atoms. The maximum absolute atomic E-state index is 11.4. The smallest absolute Gasteiger partial charge is 0.335 e. The summed E-state index contributed by atoms with van der Waals surface area (Å²) >= 11 is 3.17. The Kier molecular flexibility index (Phi) is 2.28. The van der Waals surface area contributed by atoms with Crippen molar-refractivity contribution < 1.29 is 9.90 Å². The van der Waals surface area contributed by atoms with Gasteiger partial charge in [0.2, 0.25) is 0 Å². The van der Waals surface area contributed by atoms with Gasteiger partial charge in [-0.15, -0.1) is 0 Å². The molecule has 0 aliphatic carbocycles. The van der Waals surface area contributed by atoms with E-state index >= 15 is 0 Å². The third-order valence-corrected chi connectivity index (χ3v) is 2.55. The van der Waals surface area contributed by atoms with E-state index in [1.807, 2.05) is 0 Å². The first-order valence-corrected chi connectivity index (χ1v) is 4.79. The number of fused-ring (bicyclic) bond motifs is 1. The lowest BCUT2D eigenvalue weighted by Gasteiger charge is -2.00. The second-order valence-corrected chi connectivity index (χ2v) is 3.75. The molecule has 0 radical (unpaired) electrons. The van der Waals surface area contributed by atoms with Crippen molar-refractivity contribution in [2.75, 3.05) is 0 Å². The van der Waals surface area contributed by atoms with Crippen molar-refractivity contribution in [1.82, 2.24) is 9.97 Å². The number of rotatable bonds is 1. The number of aromatic nitrogens is 2. The zero-order valence-electron chi connectivity index (χ0n) is 7.32. The van der Waals surface area contributed by atoms with Gasteiger partial charge in [-0.3, -0.25) is 4.79 Å². The summed E-state index contributed by atoms with van der Waals surface area (Å²) in [6.45, 7) is 0. The number of carbonyl (C=O) groups is 1. The molecular weight excluding hydrogens is 264 g/mol. The quantitative estimate of drug-likeness (QED) is 0.819. The van der Waals surface area contributed by atoms with Crippen LogP contribution in [0.5, 0.6) is 0 Å². The second kappa shape index (κ2) is 3.47. The van der Waals surface area contributed by atoms with Gasteiger partial charge >= 0.3 is 5.97 Å². The topological polar surface area (TPSA) is 83.0 Å². The van der Waals surface area contributed by atoms with Crippen LogP contribution in [0.4, 0.5) is 0 Å². The van der Waals surface area contributed by atoms with Crippen LogP contribution in [0.15, 0.2) is 27.7 Å². The number of carboxylic acids is 1. The van der Waals surface area contributed by atoms with Gasteiger partial charge in [-0.25, -0.2) is 9.78 Å². The van der Waals surface area contributed by atoms with E-state index in [2.05, 4.69) is 25.9 Å². The van der Waals surface area contributed by atoms with Crippen molar-refractivity contribution >= 4 is 32.8 Å². The van der Waals surface area contributed by atoms with Crippen LogP contribution in [0.25, 0.3) is 10.9 Å². The highest BCUT2D eigenvalue weighted by atomic mass is 79.9. The van der Waals surface area contributed by atoms with E-state index < -0.39 is 5.97 Å². The number of aromatic amines is 1. The Hall–Kier alpha value is -1.69. The van der Waals surface area contributed by atoms with Crippen molar-refractivity contribution in [2.24, 2.45) is 0 Å². The number of halogens is 1. The van der Waals surface area contributed by atoms with Gasteiger partial charge < -0.3 is 10.1 Å². The van der Waals surface area contributed by atoms with Gasteiger partial charge in [0, 0.05) is 4.47 Å². The molecule has 2 N–H and O–H groups in total. The fourth-order valence-electron chi connectivity index (χ4n) is 1.26. The van der Waals surface area contributed by atoms with E-state index in [-0.39, 0.29) is 16.5 Å². The van der Waals surface area contributed by atoms with E-state index in [4.69, 9.17) is 5.11 Å². The third-order valence-electron chi connectivity index (χ3n) is 1.94. The molecule has 0 amide bonds. The molecule has 0 fully saturated rings. The molecule has 0 aliphatic rings. The predicted octanol–water partition coefficient (Wildman–Crippen LogP) is 1.38. The third kappa shape index (κ3) is 1.63. The van der Waals surface area contributed by atoms with Gasteiger partial charge in [0.1, 0.15) is 0 Å². The van der Waals surface area contributed by atoms with Crippen LogP contribution in [0, 0.1) is 0 Å². The molecule has 5 nitrogen and oxygen atoms in total. The average Bonchev–Trinajstić information content (AvgIpc) is 2.19. The van der Waals surface area contributed by atoms with Crippen LogP contribution in [-0.4, -0.2) is 21.0 Å². The fraction of sp³-hybridized carbons (Fsp3) is 0. The molecule has 6 heteroatoms. The standard InChI is InChI=1S/C9H5BrN2O3/c10-6-2-4(9(14)15)1-5-7(6)11-3-12-8(5)13/h1-3H,(H,14,15)(H,11,12,13). The molecule has 2 aromatic rings. The molecule has 2 rings (SSSR count). The average molecular weight is 269 g/mol. The van der Waals surface area contributed by atoms with Crippen LogP contribution in [0.3, 0.4) is 0 Å². The van der Waals surface area contributed by atoms with Crippen LogP contribution in [0.1, 0.15) is 10.4 Å². The number of benzene rings is 1. The number of nitrogens with zero attached hydrogens (tertiary/aromatic N) is 1. The summed E-state index contributed by atoms with van der Waals surface area (Å²) in [6, 6.07) is 2.71. The number of H-pyrrole nitrogens is 1. The molecule has 0 saturated heterocycles. The normalized spacial score (nSPS) is 10.5. The van der Waals surface area contributed by atoms with Gasteiger partial charge in [-0.05, 0) is 28.1 Å². The Balaban J connectivity index is 2.92. The minimum Gasteiger partial charge on any atom is -0.478 e. The Morgan fingerprint density at radius 2 is 2.20 bits per heavy atom. The molecule has 0 atom stereocenters. The first kappa shape index (κ1) is 9.85. The molecule has 0 spiro atoms. The van der Waals surface area contributed by atoms with Crippen LogP contribution < -0.4 is 5.56 Å². The lowest BCUT2D eigenvalue weighted by molar-refractivity contribution is 0.0697. The molecule has 1 aromatic carbocycles. The molecule has 0 unspecified atom stereocenters. The van der Waals surface area contributed by atoms with Crippen molar-refractivity contribution in [1.29, 1.82) is 0 Å². The van der Waals surface area contributed by atoms with E-state index in [1.165, 1.54) is 18.5 Å². The molecule has 1 heterocycles. The van der Waals surface area contributed by atoms with E-state index in [0.29, 0.717) is 9.99 Å². The van der Waals surface area contributed by atoms with Gasteiger partial charge in [0.25, 0.3) is 5.56 Å². The highest BCUT2D eigenvalue weighted by molar-refractivity contribution is 9.10. The molecule has 0 saturated carbocycles. The fourth-order valence-corrected chi connectivity index (χ4v) is 1.82. The number of aromatic carboxylic acids is 1. The molecular formula is C9H5BrN2O3. The number of carboxylic acid groups (broad SMARTS) is 1. The van der Waals surface area contributed by atoms with Gasteiger partial charge in [0.15, 0.2) is 0 Å². The van der Waals surface area contributed by atoms with Gasteiger partial charge in [0.05, 0.1) is 22.8 Å². The zero-order valence-corrected chi connectivity index (χ0v) is 8.91. The summed E-state index contributed by atoms with van der Waals surface area (Å²) in [5, 5.41) is 9.06. The maximum Gasteiger partial charge on any atom is 0.335 e. The number of hydrogen-bond donors (Lipinski definition) is 2. The Morgan fingerprint density at radius 1 is 1.47 bits per heavy atom. The van der Waals surface area contributed by atoms with Crippen molar-refractivity contribution in [3.05, 3.63) is 38.9 Å². The van der Waals surface area contributed by atoms with E-state index in [0.717, 1.165) is 0 Å². The van der Waals surface area contributed by atoms with Crippen molar-refractivity contribution in [3.8, 4) is 0 Å². The predicted molar refractivity (Wildman–Crippen MR) is 57.0 cm³/mol. The van der Waals surface area contributed by atoms with E-state index in [9.17, 15) is 9.59 Å². The van der Waals surface area contributed by atoms with Crippen LogP contribution >= 0.6 is 15.9 Å². The van der Waals surface area contributed by atoms with Gasteiger partial charge in [-0.1, -0.05) is 0 Å². The monoisotopic (exact) mass is 268 g/mol. The van der Waals surface area contributed by atoms with Gasteiger partial charge in [-0.2, -0.15) is 0 Å². The lowest BCUT2D eigenvalue weighted by atomic mass is 10.1. The first-order chi connectivity index (χ1) is 7.09. The Bertz CT molecular complexity index is 606.